The molecule has 0 aliphatic rings. The van der Waals surface area contributed by atoms with Crippen LogP contribution in [0.1, 0.15) is 22.8 Å². The minimum absolute atomic E-state index is 0.124. The number of anilines is 2. The van der Waals surface area contributed by atoms with Gasteiger partial charge in [-0.25, -0.2) is 4.79 Å². The number of benzene rings is 3. The van der Waals surface area contributed by atoms with E-state index >= 15 is 0 Å². The van der Waals surface area contributed by atoms with Crippen molar-refractivity contribution >= 4 is 58.4 Å². The zero-order valence-corrected chi connectivity index (χ0v) is 21.1. The number of nitriles is 1. The summed E-state index contributed by atoms with van der Waals surface area (Å²) in [4.78, 5) is 36.4. The first-order valence-electron chi connectivity index (χ1n) is 11.0. The van der Waals surface area contributed by atoms with E-state index in [1.807, 2.05) is 6.07 Å². The summed E-state index contributed by atoms with van der Waals surface area (Å²) in [5, 5.41) is 15.5. The van der Waals surface area contributed by atoms with Gasteiger partial charge in [0.2, 0.25) is 0 Å². The number of hydrogen-bond donors (Lipinski definition) is 2. The number of hydrogen-bond acceptors (Lipinski definition) is 6. The smallest absolute Gasteiger partial charge is 0.338 e. The maximum Gasteiger partial charge on any atom is 0.338 e. The third kappa shape index (κ3) is 8.10. The van der Waals surface area contributed by atoms with Crippen LogP contribution in [0.4, 0.5) is 11.4 Å². The van der Waals surface area contributed by atoms with Crippen molar-refractivity contribution in [1.82, 2.24) is 0 Å². The fourth-order valence-corrected chi connectivity index (χ4v) is 3.34. The summed E-state index contributed by atoms with van der Waals surface area (Å²) >= 11 is 11.9. The first-order chi connectivity index (χ1) is 17.8. The third-order valence-corrected chi connectivity index (χ3v) is 5.35. The fourth-order valence-electron chi connectivity index (χ4n) is 3.01. The predicted molar refractivity (Wildman–Crippen MR) is 142 cm³/mol. The second-order valence-corrected chi connectivity index (χ2v) is 8.30. The zero-order valence-electron chi connectivity index (χ0n) is 19.6. The third-order valence-electron chi connectivity index (χ3n) is 4.78. The predicted octanol–water partition coefficient (Wildman–Crippen LogP) is 5.73. The van der Waals surface area contributed by atoms with Crippen molar-refractivity contribution in [2.24, 2.45) is 0 Å². The quantitative estimate of drug-likeness (QED) is 0.204. The normalized spacial score (nSPS) is 10.7. The summed E-state index contributed by atoms with van der Waals surface area (Å²) in [7, 11) is 0. The van der Waals surface area contributed by atoms with Gasteiger partial charge < -0.3 is 20.1 Å². The van der Waals surface area contributed by atoms with Crippen molar-refractivity contribution in [3.8, 4) is 11.8 Å². The lowest BCUT2D eigenvalue weighted by atomic mass is 10.1. The van der Waals surface area contributed by atoms with E-state index in [0.29, 0.717) is 38.3 Å². The molecule has 0 saturated carbocycles. The van der Waals surface area contributed by atoms with Gasteiger partial charge in [-0.3, -0.25) is 9.59 Å². The Bertz CT molecular complexity index is 1360. The molecule has 8 nitrogen and oxygen atoms in total. The van der Waals surface area contributed by atoms with Gasteiger partial charge in [0.1, 0.15) is 17.4 Å². The van der Waals surface area contributed by atoms with Gasteiger partial charge in [0.25, 0.3) is 11.8 Å². The lowest BCUT2D eigenvalue weighted by Crippen LogP contribution is -2.20. The maximum atomic E-state index is 12.5. The van der Waals surface area contributed by atoms with E-state index in [1.165, 1.54) is 24.3 Å². The Morgan fingerprint density at radius 1 is 0.973 bits per heavy atom. The van der Waals surface area contributed by atoms with Crippen LogP contribution in [-0.4, -0.2) is 31.0 Å². The topological polar surface area (TPSA) is 118 Å². The standard InChI is InChI=1S/C27H21Cl2N3O5/c1-2-36-27(35)18-5-8-21(9-6-18)31-26(34)19(15-30)13-17-3-10-22(11-4-17)37-16-25(33)32-24-14-20(28)7-12-23(24)29/h3-14H,2,16H2,1H3,(H,31,34)(H,32,33)/b19-13+. The lowest BCUT2D eigenvalue weighted by Gasteiger charge is -2.09. The van der Waals surface area contributed by atoms with E-state index < -0.39 is 17.8 Å². The van der Waals surface area contributed by atoms with E-state index in [1.54, 1.807) is 55.5 Å². The summed E-state index contributed by atoms with van der Waals surface area (Å²) in [6.07, 6.45) is 1.42. The number of esters is 1. The van der Waals surface area contributed by atoms with Gasteiger partial charge in [-0.2, -0.15) is 5.26 Å². The Labute approximate surface area is 223 Å². The molecule has 0 saturated heterocycles. The molecular weight excluding hydrogens is 517 g/mol. The molecule has 0 atom stereocenters. The van der Waals surface area contributed by atoms with E-state index in [9.17, 15) is 19.6 Å². The molecule has 0 spiro atoms. The van der Waals surface area contributed by atoms with Gasteiger partial charge >= 0.3 is 5.97 Å². The molecule has 0 aliphatic heterocycles. The molecule has 3 rings (SSSR count). The maximum absolute atomic E-state index is 12.5. The van der Waals surface area contributed by atoms with Crippen LogP contribution in [0.5, 0.6) is 5.75 Å². The van der Waals surface area contributed by atoms with E-state index in [4.69, 9.17) is 32.7 Å². The summed E-state index contributed by atoms with van der Waals surface area (Å²) in [5.74, 6) is -1.08. The molecular formula is C27H21Cl2N3O5. The molecule has 0 unspecified atom stereocenters. The van der Waals surface area contributed by atoms with Gasteiger partial charge in [0, 0.05) is 10.7 Å². The molecule has 3 aromatic carbocycles. The molecule has 0 aromatic heterocycles. The molecule has 0 heterocycles. The highest BCUT2D eigenvalue weighted by Gasteiger charge is 2.12. The summed E-state index contributed by atoms with van der Waals surface area (Å²) < 4.78 is 10.4. The van der Waals surface area contributed by atoms with Crippen molar-refractivity contribution in [3.63, 3.8) is 0 Å². The van der Waals surface area contributed by atoms with Crippen LogP contribution in [-0.2, 0) is 14.3 Å². The molecule has 0 radical (unpaired) electrons. The van der Waals surface area contributed by atoms with Crippen LogP contribution < -0.4 is 15.4 Å². The lowest BCUT2D eigenvalue weighted by molar-refractivity contribution is -0.118. The molecule has 2 amide bonds. The highest BCUT2D eigenvalue weighted by molar-refractivity contribution is 6.35. The average Bonchev–Trinajstić information content (AvgIpc) is 2.89. The van der Waals surface area contributed by atoms with Gasteiger partial charge in [-0.1, -0.05) is 35.3 Å². The molecule has 10 heteroatoms. The summed E-state index contributed by atoms with van der Waals surface area (Å²) in [6.45, 7) is 1.70. The Kier molecular flexibility index (Phi) is 9.67. The van der Waals surface area contributed by atoms with Crippen LogP contribution in [0.2, 0.25) is 10.0 Å². The van der Waals surface area contributed by atoms with Crippen molar-refractivity contribution in [1.29, 1.82) is 5.26 Å². The first kappa shape index (κ1) is 27.3. The van der Waals surface area contributed by atoms with Gasteiger partial charge in [0.15, 0.2) is 6.61 Å². The van der Waals surface area contributed by atoms with Crippen LogP contribution in [0.25, 0.3) is 6.08 Å². The number of nitrogens with one attached hydrogen (secondary N) is 2. The SMILES string of the molecule is CCOC(=O)c1ccc(NC(=O)/C(C#N)=C/c2ccc(OCC(=O)Nc3cc(Cl)ccc3Cl)cc2)cc1. The number of amides is 2. The van der Waals surface area contributed by atoms with Crippen molar-refractivity contribution in [2.75, 3.05) is 23.8 Å². The number of carbonyl (C=O) groups is 3. The average molecular weight is 538 g/mol. The second-order valence-electron chi connectivity index (χ2n) is 7.45. The Hall–Kier alpha value is -4.32. The number of nitrogens with zero attached hydrogens (tertiary/aromatic N) is 1. The van der Waals surface area contributed by atoms with Crippen LogP contribution in [0.15, 0.2) is 72.3 Å². The molecule has 37 heavy (non-hydrogen) atoms. The van der Waals surface area contributed by atoms with E-state index in [2.05, 4.69) is 10.6 Å². The largest absolute Gasteiger partial charge is 0.484 e. The molecule has 0 fully saturated rings. The zero-order chi connectivity index (χ0) is 26.8. The van der Waals surface area contributed by atoms with Gasteiger partial charge in [-0.05, 0) is 73.2 Å². The highest BCUT2D eigenvalue weighted by atomic mass is 35.5. The number of halogens is 2. The Morgan fingerprint density at radius 3 is 2.32 bits per heavy atom. The van der Waals surface area contributed by atoms with Crippen molar-refractivity contribution in [3.05, 3.63) is 93.5 Å². The van der Waals surface area contributed by atoms with E-state index in [0.717, 1.165) is 0 Å². The van der Waals surface area contributed by atoms with Crippen LogP contribution >= 0.6 is 23.2 Å². The Morgan fingerprint density at radius 2 is 1.68 bits per heavy atom. The van der Waals surface area contributed by atoms with Crippen molar-refractivity contribution in [2.45, 2.75) is 6.92 Å². The Balaban J connectivity index is 1.57. The molecule has 0 bridgehead atoms. The molecule has 3 aromatic rings. The number of rotatable bonds is 9. The minimum atomic E-state index is -0.608. The number of carbonyl (C=O) groups excluding carboxylic acids is 3. The van der Waals surface area contributed by atoms with Crippen LogP contribution in [0.3, 0.4) is 0 Å². The summed E-state index contributed by atoms with van der Waals surface area (Å²) in [5.41, 5.74) is 1.59. The second kappa shape index (κ2) is 13.1. The van der Waals surface area contributed by atoms with Crippen LogP contribution in [0, 0.1) is 11.3 Å². The molecule has 0 aliphatic carbocycles. The van der Waals surface area contributed by atoms with Gasteiger partial charge in [-0.15, -0.1) is 0 Å². The van der Waals surface area contributed by atoms with Gasteiger partial charge in [0.05, 0.1) is 22.9 Å². The molecule has 188 valence electrons. The molecule has 2 N–H and O–H groups in total. The fraction of sp³-hybridized carbons (Fsp3) is 0.111. The summed E-state index contributed by atoms with van der Waals surface area (Å²) in [6, 6.07) is 19.2. The minimum Gasteiger partial charge on any atom is -0.484 e. The number of ether oxygens (including phenoxy) is 2. The van der Waals surface area contributed by atoms with Crippen molar-refractivity contribution < 1.29 is 23.9 Å². The monoisotopic (exact) mass is 537 g/mol. The first-order valence-corrected chi connectivity index (χ1v) is 11.7. The highest BCUT2D eigenvalue weighted by Crippen LogP contribution is 2.25. The van der Waals surface area contributed by atoms with E-state index in [-0.39, 0.29) is 18.8 Å².